The van der Waals surface area contributed by atoms with E-state index in [0.717, 1.165) is 30.0 Å². The van der Waals surface area contributed by atoms with E-state index in [0.29, 0.717) is 6.04 Å². The first-order valence-corrected chi connectivity index (χ1v) is 7.69. The van der Waals surface area contributed by atoms with Crippen LogP contribution in [0.25, 0.3) is 0 Å². The molecule has 2 rings (SSSR count). The van der Waals surface area contributed by atoms with E-state index >= 15 is 0 Å². The molecule has 0 aromatic heterocycles. The highest BCUT2D eigenvalue weighted by molar-refractivity contribution is 9.10. The van der Waals surface area contributed by atoms with E-state index in [4.69, 9.17) is 0 Å². The summed E-state index contributed by atoms with van der Waals surface area (Å²) in [6.07, 6.45) is 3.91. The Balaban J connectivity index is 1.81. The largest absolute Gasteiger partial charge is 0.309 e. The van der Waals surface area contributed by atoms with E-state index in [1.807, 2.05) is 0 Å². The van der Waals surface area contributed by atoms with Crippen molar-refractivity contribution >= 4 is 15.9 Å². The molecule has 1 atom stereocenters. The first-order chi connectivity index (χ1) is 8.70. The highest BCUT2D eigenvalue weighted by Gasteiger charge is 2.25. The van der Waals surface area contributed by atoms with Crippen LogP contribution < -0.4 is 5.32 Å². The van der Waals surface area contributed by atoms with Gasteiger partial charge in [-0.2, -0.15) is 0 Å². The Bertz CT molecular complexity index is 377. The Hall–Kier alpha value is -0.380. The van der Waals surface area contributed by atoms with Crippen LogP contribution in [0.3, 0.4) is 0 Å². The van der Waals surface area contributed by atoms with Gasteiger partial charge in [0.1, 0.15) is 0 Å². The van der Waals surface area contributed by atoms with Crippen LogP contribution in [0, 0.1) is 0 Å². The van der Waals surface area contributed by atoms with Gasteiger partial charge in [-0.15, -0.1) is 0 Å². The molecule has 1 fully saturated rings. The summed E-state index contributed by atoms with van der Waals surface area (Å²) in [5.41, 5.74) is 1.38. The lowest BCUT2D eigenvalue weighted by Gasteiger charge is -2.21. The van der Waals surface area contributed by atoms with Crippen molar-refractivity contribution < 1.29 is 0 Å². The SMILES string of the molecule is CCC(NCCN(C)C1CC1)c1cccc(Br)c1. The molecule has 1 saturated carbocycles. The second-order valence-corrected chi connectivity index (χ2v) is 6.10. The number of halogens is 1. The lowest BCUT2D eigenvalue weighted by Crippen LogP contribution is -2.32. The Labute approximate surface area is 119 Å². The lowest BCUT2D eigenvalue weighted by molar-refractivity contribution is 0.313. The van der Waals surface area contributed by atoms with Crippen molar-refractivity contribution in [3.05, 3.63) is 34.3 Å². The minimum absolute atomic E-state index is 0.468. The molecule has 0 amide bonds. The van der Waals surface area contributed by atoms with Gasteiger partial charge >= 0.3 is 0 Å². The fourth-order valence-corrected chi connectivity index (χ4v) is 2.75. The Morgan fingerprint density at radius 3 is 2.83 bits per heavy atom. The van der Waals surface area contributed by atoms with Gasteiger partial charge in [0.15, 0.2) is 0 Å². The summed E-state index contributed by atoms with van der Waals surface area (Å²) < 4.78 is 1.16. The van der Waals surface area contributed by atoms with Crippen molar-refractivity contribution in [2.75, 3.05) is 20.1 Å². The molecule has 0 radical (unpaired) electrons. The molecule has 1 aromatic carbocycles. The van der Waals surface area contributed by atoms with Gasteiger partial charge < -0.3 is 10.2 Å². The monoisotopic (exact) mass is 310 g/mol. The summed E-state index contributed by atoms with van der Waals surface area (Å²) in [5.74, 6) is 0. The number of nitrogens with zero attached hydrogens (tertiary/aromatic N) is 1. The summed E-state index contributed by atoms with van der Waals surface area (Å²) in [7, 11) is 2.24. The van der Waals surface area contributed by atoms with Crippen LogP contribution in [0.15, 0.2) is 28.7 Å². The van der Waals surface area contributed by atoms with Crippen LogP contribution in [0.4, 0.5) is 0 Å². The number of hydrogen-bond acceptors (Lipinski definition) is 2. The molecular formula is C15H23BrN2. The smallest absolute Gasteiger partial charge is 0.0318 e. The molecule has 1 aliphatic carbocycles. The summed E-state index contributed by atoms with van der Waals surface area (Å²) in [6, 6.07) is 9.94. The predicted octanol–water partition coefficient (Wildman–Crippen LogP) is 3.58. The van der Waals surface area contributed by atoms with E-state index in [1.165, 1.54) is 18.4 Å². The highest BCUT2D eigenvalue weighted by Crippen LogP contribution is 2.25. The van der Waals surface area contributed by atoms with E-state index in [9.17, 15) is 0 Å². The summed E-state index contributed by atoms with van der Waals surface area (Å²) in [5, 5.41) is 3.66. The van der Waals surface area contributed by atoms with Crippen LogP contribution in [0.2, 0.25) is 0 Å². The molecule has 18 heavy (non-hydrogen) atoms. The molecule has 0 heterocycles. The molecule has 1 N–H and O–H groups in total. The Kier molecular flexibility index (Phi) is 5.22. The highest BCUT2D eigenvalue weighted by atomic mass is 79.9. The van der Waals surface area contributed by atoms with Gasteiger partial charge in [0.2, 0.25) is 0 Å². The van der Waals surface area contributed by atoms with Gasteiger partial charge in [0, 0.05) is 29.6 Å². The minimum atomic E-state index is 0.468. The molecule has 2 nitrogen and oxygen atoms in total. The number of rotatable bonds is 7. The molecule has 100 valence electrons. The number of hydrogen-bond donors (Lipinski definition) is 1. The molecule has 0 bridgehead atoms. The van der Waals surface area contributed by atoms with Crippen molar-refractivity contribution in [2.24, 2.45) is 0 Å². The molecule has 0 spiro atoms. The third-order valence-electron chi connectivity index (χ3n) is 3.68. The first kappa shape index (κ1) is 14.0. The molecule has 1 aromatic rings. The Morgan fingerprint density at radius 1 is 1.44 bits per heavy atom. The molecule has 0 aliphatic heterocycles. The maximum Gasteiger partial charge on any atom is 0.0318 e. The summed E-state index contributed by atoms with van der Waals surface area (Å²) in [4.78, 5) is 2.47. The predicted molar refractivity (Wildman–Crippen MR) is 80.8 cm³/mol. The molecule has 1 unspecified atom stereocenters. The minimum Gasteiger partial charge on any atom is -0.309 e. The van der Waals surface area contributed by atoms with Crippen molar-refractivity contribution in [1.82, 2.24) is 10.2 Å². The van der Waals surface area contributed by atoms with E-state index in [-0.39, 0.29) is 0 Å². The standard InChI is InChI=1S/C15H23BrN2/c1-3-15(12-5-4-6-13(16)11-12)17-9-10-18(2)14-7-8-14/h4-6,11,14-15,17H,3,7-10H2,1-2H3. The van der Waals surface area contributed by atoms with Crippen LogP contribution in [-0.4, -0.2) is 31.1 Å². The zero-order valence-corrected chi connectivity index (χ0v) is 12.9. The van der Waals surface area contributed by atoms with E-state index in [2.05, 4.69) is 64.4 Å². The topological polar surface area (TPSA) is 15.3 Å². The number of benzene rings is 1. The van der Waals surface area contributed by atoms with Crippen molar-refractivity contribution in [2.45, 2.75) is 38.3 Å². The van der Waals surface area contributed by atoms with Crippen molar-refractivity contribution in [3.8, 4) is 0 Å². The second-order valence-electron chi connectivity index (χ2n) is 5.18. The van der Waals surface area contributed by atoms with Gasteiger partial charge in [-0.05, 0) is 44.0 Å². The normalized spacial score (nSPS) is 17.1. The zero-order chi connectivity index (χ0) is 13.0. The van der Waals surface area contributed by atoms with Crippen LogP contribution in [0.5, 0.6) is 0 Å². The van der Waals surface area contributed by atoms with Gasteiger partial charge in [-0.3, -0.25) is 0 Å². The van der Waals surface area contributed by atoms with Crippen molar-refractivity contribution in [3.63, 3.8) is 0 Å². The maximum absolute atomic E-state index is 3.66. The summed E-state index contributed by atoms with van der Waals surface area (Å²) in [6.45, 7) is 4.45. The molecule has 1 aliphatic rings. The van der Waals surface area contributed by atoms with E-state index in [1.54, 1.807) is 0 Å². The maximum atomic E-state index is 3.66. The van der Waals surface area contributed by atoms with Gasteiger partial charge in [0.05, 0.1) is 0 Å². The van der Waals surface area contributed by atoms with Gasteiger partial charge in [-0.1, -0.05) is 35.0 Å². The van der Waals surface area contributed by atoms with Crippen LogP contribution >= 0.6 is 15.9 Å². The molecular weight excluding hydrogens is 288 g/mol. The average molecular weight is 311 g/mol. The van der Waals surface area contributed by atoms with Crippen LogP contribution in [0.1, 0.15) is 37.8 Å². The van der Waals surface area contributed by atoms with Crippen LogP contribution in [-0.2, 0) is 0 Å². The lowest BCUT2D eigenvalue weighted by atomic mass is 10.0. The summed E-state index contributed by atoms with van der Waals surface area (Å²) >= 11 is 3.54. The zero-order valence-electron chi connectivity index (χ0n) is 11.3. The third-order valence-corrected chi connectivity index (χ3v) is 4.18. The average Bonchev–Trinajstić information content (AvgIpc) is 3.18. The van der Waals surface area contributed by atoms with Gasteiger partial charge in [-0.25, -0.2) is 0 Å². The second kappa shape index (κ2) is 6.69. The fraction of sp³-hybridized carbons (Fsp3) is 0.600. The third kappa shape index (κ3) is 4.08. The van der Waals surface area contributed by atoms with Crippen molar-refractivity contribution in [1.29, 1.82) is 0 Å². The number of nitrogens with one attached hydrogen (secondary N) is 1. The quantitative estimate of drug-likeness (QED) is 0.828. The molecule has 3 heteroatoms. The fourth-order valence-electron chi connectivity index (χ4n) is 2.33. The van der Waals surface area contributed by atoms with E-state index < -0.39 is 0 Å². The molecule has 0 saturated heterocycles. The first-order valence-electron chi connectivity index (χ1n) is 6.89. The van der Waals surface area contributed by atoms with Gasteiger partial charge in [0.25, 0.3) is 0 Å². The Morgan fingerprint density at radius 2 is 2.22 bits per heavy atom. The number of likely N-dealkylation sites (N-methyl/N-ethyl adjacent to an activating group) is 1.